The van der Waals surface area contributed by atoms with Gasteiger partial charge in [-0.2, -0.15) is 9.97 Å². The monoisotopic (exact) mass is 473 g/mol. The zero-order valence-corrected chi connectivity index (χ0v) is 20.0. The van der Waals surface area contributed by atoms with E-state index >= 15 is 0 Å². The van der Waals surface area contributed by atoms with Gasteiger partial charge in [0.2, 0.25) is 5.95 Å². The minimum atomic E-state index is 0.416. The van der Waals surface area contributed by atoms with Gasteiger partial charge in [0.1, 0.15) is 23.2 Å². The summed E-state index contributed by atoms with van der Waals surface area (Å²) in [5, 5.41) is 14.1. The topological polar surface area (TPSA) is 100 Å². The molecule has 5 rings (SSSR count). The molecule has 1 saturated carbocycles. The third kappa shape index (κ3) is 5.99. The predicted octanol–water partition coefficient (Wildman–Crippen LogP) is 4.02. The number of nitrogens with one attached hydrogen (secondary N) is 3. The molecule has 1 aromatic carbocycles. The maximum absolute atomic E-state index is 5.53. The molecule has 0 bridgehead atoms. The number of hydrogen-bond acceptors (Lipinski definition) is 9. The normalized spacial score (nSPS) is 16.1. The van der Waals surface area contributed by atoms with Gasteiger partial charge in [0.15, 0.2) is 5.76 Å². The average Bonchev–Trinajstić information content (AvgIpc) is 3.66. The van der Waals surface area contributed by atoms with Crippen LogP contribution in [0.1, 0.15) is 18.6 Å². The van der Waals surface area contributed by atoms with Crippen molar-refractivity contribution < 1.29 is 9.26 Å². The maximum atomic E-state index is 5.53. The van der Waals surface area contributed by atoms with Crippen LogP contribution in [0.15, 0.2) is 71.0 Å². The fourth-order valence-corrected chi connectivity index (χ4v) is 3.91. The second-order valence-electron chi connectivity index (χ2n) is 8.71. The van der Waals surface area contributed by atoms with Crippen molar-refractivity contribution in [3.05, 3.63) is 72.3 Å². The number of anilines is 3. The molecule has 2 aliphatic rings. The van der Waals surface area contributed by atoms with Gasteiger partial charge in [-0.25, -0.2) is 0 Å². The van der Waals surface area contributed by atoms with E-state index in [0.29, 0.717) is 43.2 Å². The highest BCUT2D eigenvalue weighted by Crippen LogP contribution is 2.36. The van der Waals surface area contributed by atoms with Crippen LogP contribution in [0.3, 0.4) is 0 Å². The van der Waals surface area contributed by atoms with Gasteiger partial charge in [-0.15, -0.1) is 0 Å². The fraction of sp³-hybridized carbons (Fsp3) is 0.346. The van der Waals surface area contributed by atoms with Gasteiger partial charge in [-0.1, -0.05) is 42.1 Å². The largest absolute Gasteiger partial charge is 0.378 e. The lowest BCUT2D eigenvalue weighted by atomic mass is 10.1. The molecule has 0 atom stereocenters. The Kier molecular flexibility index (Phi) is 6.94. The summed E-state index contributed by atoms with van der Waals surface area (Å²) >= 11 is 0. The SMILES string of the molecule is C=C(/C=C(\NC)Nc1cc(N2CCOCC2)nc(NCc2cc(-c3ccccc3)no2)n1)C1CC1. The molecule has 0 radical (unpaired) electrons. The maximum Gasteiger partial charge on any atom is 0.227 e. The Labute approximate surface area is 205 Å². The summed E-state index contributed by atoms with van der Waals surface area (Å²) in [7, 11) is 1.89. The summed E-state index contributed by atoms with van der Waals surface area (Å²) in [6.45, 7) is 7.54. The van der Waals surface area contributed by atoms with E-state index in [4.69, 9.17) is 19.2 Å². The number of aromatic nitrogens is 3. The summed E-state index contributed by atoms with van der Waals surface area (Å²) < 4.78 is 11.0. The van der Waals surface area contributed by atoms with Gasteiger partial charge in [0, 0.05) is 37.8 Å². The summed E-state index contributed by atoms with van der Waals surface area (Å²) in [5.41, 5.74) is 2.94. The molecule has 3 heterocycles. The van der Waals surface area contributed by atoms with Crippen LogP contribution in [0.2, 0.25) is 0 Å². The Bertz CT molecular complexity index is 1180. The van der Waals surface area contributed by atoms with Gasteiger partial charge >= 0.3 is 0 Å². The van der Waals surface area contributed by atoms with Gasteiger partial charge in [0.25, 0.3) is 0 Å². The molecule has 2 aromatic heterocycles. The van der Waals surface area contributed by atoms with Crippen molar-refractivity contribution in [1.29, 1.82) is 0 Å². The number of morpholine rings is 1. The molecule has 1 aliphatic heterocycles. The molecule has 0 amide bonds. The summed E-state index contributed by atoms with van der Waals surface area (Å²) in [6.07, 6.45) is 4.48. The summed E-state index contributed by atoms with van der Waals surface area (Å²) in [6, 6.07) is 13.8. The Morgan fingerprint density at radius 1 is 1.14 bits per heavy atom. The summed E-state index contributed by atoms with van der Waals surface area (Å²) in [4.78, 5) is 11.7. The molecular weight excluding hydrogens is 442 g/mol. The third-order valence-electron chi connectivity index (χ3n) is 6.06. The average molecular weight is 474 g/mol. The minimum Gasteiger partial charge on any atom is -0.378 e. The van der Waals surface area contributed by atoms with Crippen LogP contribution in [0.25, 0.3) is 11.3 Å². The predicted molar refractivity (Wildman–Crippen MR) is 137 cm³/mol. The number of nitrogens with zero attached hydrogens (tertiary/aromatic N) is 4. The van der Waals surface area contributed by atoms with Crippen molar-refractivity contribution in [2.45, 2.75) is 19.4 Å². The van der Waals surface area contributed by atoms with Crippen LogP contribution in [-0.4, -0.2) is 48.5 Å². The molecule has 0 spiro atoms. The fourth-order valence-electron chi connectivity index (χ4n) is 3.91. The molecule has 0 unspecified atom stereocenters. The van der Waals surface area contributed by atoms with Gasteiger partial charge in [-0.05, 0) is 30.4 Å². The van der Waals surface area contributed by atoms with Crippen molar-refractivity contribution in [2.24, 2.45) is 5.92 Å². The van der Waals surface area contributed by atoms with Crippen LogP contribution in [0, 0.1) is 5.92 Å². The highest BCUT2D eigenvalue weighted by atomic mass is 16.5. The van der Waals surface area contributed by atoms with E-state index in [2.05, 4.69) is 38.7 Å². The Morgan fingerprint density at radius 3 is 2.69 bits per heavy atom. The molecule has 1 saturated heterocycles. The van der Waals surface area contributed by atoms with Crippen LogP contribution in [0.4, 0.5) is 17.6 Å². The zero-order chi connectivity index (χ0) is 24.0. The van der Waals surface area contributed by atoms with Gasteiger partial charge in [-0.3, -0.25) is 0 Å². The summed E-state index contributed by atoms with van der Waals surface area (Å²) in [5.74, 6) is 4.18. The lowest BCUT2D eigenvalue weighted by Crippen LogP contribution is -2.37. The molecule has 2 fully saturated rings. The van der Waals surface area contributed by atoms with Crippen molar-refractivity contribution in [3.8, 4) is 11.3 Å². The lowest BCUT2D eigenvalue weighted by molar-refractivity contribution is 0.122. The molecule has 9 heteroatoms. The van der Waals surface area contributed by atoms with Crippen molar-refractivity contribution in [1.82, 2.24) is 20.4 Å². The molecule has 1 aliphatic carbocycles. The van der Waals surface area contributed by atoms with Crippen LogP contribution in [-0.2, 0) is 11.3 Å². The molecule has 35 heavy (non-hydrogen) atoms. The molecular formula is C26H31N7O2. The molecule has 3 aromatic rings. The first-order chi connectivity index (χ1) is 17.2. The van der Waals surface area contributed by atoms with E-state index in [0.717, 1.165) is 41.6 Å². The standard InChI is InChI=1S/C26H31N7O2/c1-18(19-8-9-19)14-23(27-2)29-24-16-25(33-10-12-34-13-11-33)31-26(30-24)28-17-21-15-22(32-35-21)20-6-4-3-5-7-20/h3-7,14-16,19,27H,1,8-13,17H2,2H3,(H2,28,29,30,31)/b23-14+. The first-order valence-corrected chi connectivity index (χ1v) is 12.0. The molecule has 3 N–H and O–H groups in total. The highest BCUT2D eigenvalue weighted by molar-refractivity contribution is 5.59. The van der Waals surface area contributed by atoms with Crippen LogP contribution < -0.4 is 20.9 Å². The Hall–Kier alpha value is -3.85. The van der Waals surface area contributed by atoms with Crippen LogP contribution in [0.5, 0.6) is 0 Å². The second kappa shape index (κ2) is 10.6. The van der Waals surface area contributed by atoms with Gasteiger partial charge < -0.3 is 30.1 Å². The number of ether oxygens (including phenoxy) is 1. The van der Waals surface area contributed by atoms with Crippen molar-refractivity contribution in [2.75, 3.05) is 48.9 Å². The number of allylic oxidation sites excluding steroid dienone is 2. The van der Waals surface area contributed by atoms with E-state index < -0.39 is 0 Å². The van der Waals surface area contributed by atoms with E-state index in [9.17, 15) is 0 Å². The first kappa shape index (κ1) is 22.9. The second-order valence-corrected chi connectivity index (χ2v) is 8.71. The Balaban J connectivity index is 1.34. The minimum absolute atomic E-state index is 0.416. The Morgan fingerprint density at radius 2 is 1.94 bits per heavy atom. The highest BCUT2D eigenvalue weighted by Gasteiger charge is 2.23. The van der Waals surface area contributed by atoms with E-state index in [-0.39, 0.29) is 0 Å². The molecule has 182 valence electrons. The third-order valence-corrected chi connectivity index (χ3v) is 6.06. The smallest absolute Gasteiger partial charge is 0.227 e. The van der Waals surface area contributed by atoms with E-state index in [1.54, 1.807) is 0 Å². The van der Waals surface area contributed by atoms with Crippen molar-refractivity contribution >= 4 is 17.6 Å². The number of hydrogen-bond donors (Lipinski definition) is 3. The zero-order valence-electron chi connectivity index (χ0n) is 20.0. The van der Waals surface area contributed by atoms with E-state index in [1.807, 2.05) is 49.5 Å². The van der Waals surface area contributed by atoms with E-state index in [1.165, 1.54) is 12.8 Å². The quantitative estimate of drug-likeness (QED) is 0.377. The first-order valence-electron chi connectivity index (χ1n) is 12.0. The lowest BCUT2D eigenvalue weighted by Gasteiger charge is -2.28. The van der Waals surface area contributed by atoms with Gasteiger partial charge in [0.05, 0.1) is 19.8 Å². The number of benzene rings is 1. The molecule has 9 nitrogen and oxygen atoms in total. The number of rotatable bonds is 10. The van der Waals surface area contributed by atoms with Crippen molar-refractivity contribution in [3.63, 3.8) is 0 Å². The van der Waals surface area contributed by atoms with Crippen LogP contribution >= 0.6 is 0 Å².